The highest BCUT2D eigenvalue weighted by Crippen LogP contribution is 2.21. The lowest BCUT2D eigenvalue weighted by Gasteiger charge is -2.31. The Morgan fingerprint density at radius 3 is 3.18 bits per heavy atom. The first-order valence-corrected chi connectivity index (χ1v) is 6.35. The van der Waals surface area contributed by atoms with Crippen LogP contribution >= 0.6 is 0 Å². The van der Waals surface area contributed by atoms with E-state index in [-0.39, 0.29) is 0 Å². The number of rotatable bonds is 4. The van der Waals surface area contributed by atoms with Gasteiger partial charge < -0.3 is 19.4 Å². The van der Waals surface area contributed by atoms with Gasteiger partial charge in [0.15, 0.2) is 0 Å². The second-order valence-corrected chi connectivity index (χ2v) is 4.89. The fourth-order valence-corrected chi connectivity index (χ4v) is 2.06. The molecule has 2 heterocycles. The smallest absolute Gasteiger partial charge is 0.297 e. The van der Waals surface area contributed by atoms with Crippen LogP contribution in [0.2, 0.25) is 0 Å². The van der Waals surface area contributed by atoms with Crippen LogP contribution in [0.5, 0.6) is 0 Å². The van der Waals surface area contributed by atoms with E-state index in [4.69, 9.17) is 9.15 Å². The lowest BCUT2D eigenvalue weighted by Crippen LogP contribution is -2.43. The molecule has 2 fully saturated rings. The maximum absolute atomic E-state index is 5.55. The molecule has 0 radical (unpaired) electrons. The fourth-order valence-electron chi connectivity index (χ4n) is 2.06. The largest absolute Gasteiger partial charge is 0.432 e. The normalized spacial score (nSPS) is 25.2. The minimum atomic E-state index is 0.339. The van der Waals surface area contributed by atoms with Crippen LogP contribution in [0, 0.1) is 0 Å². The number of hydrogen-bond donors (Lipinski definition) is 1. The summed E-state index contributed by atoms with van der Waals surface area (Å²) in [6, 6.07) is 1.78. The Morgan fingerprint density at radius 1 is 1.53 bits per heavy atom. The molecule has 0 spiro atoms. The summed E-state index contributed by atoms with van der Waals surface area (Å²) < 4.78 is 11.0. The highest BCUT2D eigenvalue weighted by molar-refractivity contribution is 5.29. The van der Waals surface area contributed by atoms with E-state index < -0.39 is 0 Å². The average Bonchev–Trinajstić information content (AvgIpc) is 3.06. The Morgan fingerprint density at radius 2 is 2.41 bits per heavy atom. The van der Waals surface area contributed by atoms with Crippen LogP contribution in [0.15, 0.2) is 10.7 Å². The summed E-state index contributed by atoms with van der Waals surface area (Å²) in [5, 5.41) is 3.43. The summed E-state index contributed by atoms with van der Waals surface area (Å²) in [4.78, 5) is 6.70. The van der Waals surface area contributed by atoms with Crippen molar-refractivity contribution in [1.29, 1.82) is 0 Å². The highest BCUT2D eigenvalue weighted by atomic mass is 16.5. The van der Waals surface area contributed by atoms with Crippen LogP contribution in [-0.4, -0.2) is 36.8 Å². The number of nitrogens with zero attached hydrogens (tertiary/aromatic N) is 2. The number of oxazole rings is 1. The van der Waals surface area contributed by atoms with E-state index in [9.17, 15) is 0 Å². The molecule has 5 heteroatoms. The van der Waals surface area contributed by atoms with Gasteiger partial charge in [-0.2, -0.15) is 4.98 Å². The molecule has 1 aromatic rings. The van der Waals surface area contributed by atoms with E-state index in [2.05, 4.69) is 22.1 Å². The van der Waals surface area contributed by atoms with Gasteiger partial charge in [0, 0.05) is 19.1 Å². The van der Waals surface area contributed by atoms with Gasteiger partial charge in [-0.1, -0.05) is 0 Å². The van der Waals surface area contributed by atoms with Crippen molar-refractivity contribution >= 4 is 6.01 Å². The summed E-state index contributed by atoms with van der Waals surface area (Å²) in [5.74, 6) is 0. The van der Waals surface area contributed by atoms with Gasteiger partial charge in [0.1, 0.15) is 6.26 Å². The Labute approximate surface area is 101 Å². The Kier molecular flexibility index (Phi) is 3.03. The minimum absolute atomic E-state index is 0.339. The first kappa shape index (κ1) is 11.0. The second kappa shape index (κ2) is 4.66. The van der Waals surface area contributed by atoms with Gasteiger partial charge in [-0.05, 0) is 19.8 Å². The average molecular weight is 237 g/mol. The fraction of sp³-hybridized carbons (Fsp3) is 0.750. The van der Waals surface area contributed by atoms with E-state index in [1.807, 2.05) is 0 Å². The number of ether oxygens (including phenoxy) is 1. The van der Waals surface area contributed by atoms with E-state index in [0.29, 0.717) is 12.1 Å². The Balaban J connectivity index is 1.61. The third-order valence-electron chi connectivity index (χ3n) is 3.30. The van der Waals surface area contributed by atoms with Crippen molar-refractivity contribution in [1.82, 2.24) is 10.3 Å². The van der Waals surface area contributed by atoms with E-state index >= 15 is 0 Å². The lowest BCUT2D eigenvalue weighted by molar-refractivity contribution is 0.0961. The summed E-state index contributed by atoms with van der Waals surface area (Å²) in [6.45, 7) is 5.30. The molecule has 0 bridgehead atoms. The first-order valence-electron chi connectivity index (χ1n) is 6.35. The van der Waals surface area contributed by atoms with Gasteiger partial charge in [0.25, 0.3) is 6.01 Å². The molecular weight excluding hydrogens is 218 g/mol. The van der Waals surface area contributed by atoms with E-state index in [0.717, 1.165) is 38.0 Å². The molecule has 17 heavy (non-hydrogen) atoms. The second-order valence-electron chi connectivity index (χ2n) is 4.89. The van der Waals surface area contributed by atoms with Crippen molar-refractivity contribution in [2.24, 2.45) is 0 Å². The van der Waals surface area contributed by atoms with Crippen LogP contribution < -0.4 is 10.2 Å². The van der Waals surface area contributed by atoms with E-state index in [1.165, 1.54) is 12.8 Å². The summed E-state index contributed by atoms with van der Waals surface area (Å²) in [6.07, 6.45) is 4.35. The third-order valence-corrected chi connectivity index (χ3v) is 3.30. The van der Waals surface area contributed by atoms with Gasteiger partial charge in [-0.3, -0.25) is 0 Å². The van der Waals surface area contributed by atoms with Crippen LogP contribution in [0.3, 0.4) is 0 Å². The van der Waals surface area contributed by atoms with Gasteiger partial charge in [0.2, 0.25) is 0 Å². The molecule has 5 nitrogen and oxygen atoms in total. The van der Waals surface area contributed by atoms with Crippen molar-refractivity contribution in [3.8, 4) is 0 Å². The Bertz CT molecular complexity index is 376. The maximum atomic E-state index is 5.55. The summed E-state index contributed by atoms with van der Waals surface area (Å²) in [5.41, 5.74) is 0.991. The topological polar surface area (TPSA) is 50.5 Å². The zero-order valence-electron chi connectivity index (χ0n) is 10.2. The van der Waals surface area contributed by atoms with Crippen molar-refractivity contribution in [2.75, 3.05) is 24.7 Å². The molecule has 1 atom stereocenters. The quantitative estimate of drug-likeness (QED) is 0.851. The van der Waals surface area contributed by atoms with Gasteiger partial charge >= 0.3 is 0 Å². The maximum Gasteiger partial charge on any atom is 0.297 e. The molecule has 1 saturated heterocycles. The number of morpholine rings is 1. The van der Waals surface area contributed by atoms with Crippen LogP contribution in [0.1, 0.15) is 25.5 Å². The van der Waals surface area contributed by atoms with E-state index in [1.54, 1.807) is 6.26 Å². The minimum Gasteiger partial charge on any atom is -0.432 e. The standard InChI is InChI=1S/C12H19N3O2/c1-9-7-16-5-4-15(9)12-14-11(8-17-12)6-13-10-2-3-10/h8-10,13H,2-7H2,1H3. The molecule has 1 aliphatic heterocycles. The molecule has 2 aliphatic rings. The summed E-state index contributed by atoms with van der Waals surface area (Å²) >= 11 is 0. The molecule has 1 N–H and O–H groups in total. The zero-order valence-corrected chi connectivity index (χ0v) is 10.2. The van der Waals surface area contributed by atoms with Crippen molar-refractivity contribution < 1.29 is 9.15 Å². The van der Waals surface area contributed by atoms with Crippen LogP contribution in [0.4, 0.5) is 6.01 Å². The predicted molar refractivity (Wildman–Crippen MR) is 64.0 cm³/mol. The summed E-state index contributed by atoms with van der Waals surface area (Å²) in [7, 11) is 0. The van der Waals surface area contributed by atoms with Gasteiger partial charge in [-0.25, -0.2) is 0 Å². The molecule has 1 aromatic heterocycles. The van der Waals surface area contributed by atoms with Gasteiger partial charge in [0.05, 0.1) is 24.9 Å². The van der Waals surface area contributed by atoms with Crippen LogP contribution in [-0.2, 0) is 11.3 Å². The molecule has 1 saturated carbocycles. The van der Waals surface area contributed by atoms with Crippen LogP contribution in [0.25, 0.3) is 0 Å². The number of nitrogens with one attached hydrogen (secondary N) is 1. The monoisotopic (exact) mass is 237 g/mol. The molecule has 94 valence electrons. The van der Waals surface area contributed by atoms with Crippen molar-refractivity contribution in [2.45, 2.75) is 38.4 Å². The SMILES string of the molecule is CC1COCCN1c1nc(CNC2CC2)co1. The molecular formula is C12H19N3O2. The number of anilines is 1. The molecule has 0 amide bonds. The first-order chi connectivity index (χ1) is 8.33. The molecule has 1 aliphatic carbocycles. The van der Waals surface area contributed by atoms with Crippen molar-refractivity contribution in [3.05, 3.63) is 12.0 Å². The lowest BCUT2D eigenvalue weighted by atomic mass is 10.3. The predicted octanol–water partition coefficient (Wildman–Crippen LogP) is 1.15. The molecule has 3 rings (SSSR count). The third kappa shape index (κ3) is 2.61. The van der Waals surface area contributed by atoms with Crippen molar-refractivity contribution in [3.63, 3.8) is 0 Å². The van der Waals surface area contributed by atoms with Gasteiger partial charge in [-0.15, -0.1) is 0 Å². The molecule has 1 unspecified atom stereocenters. The zero-order chi connectivity index (χ0) is 11.7. The Hall–Kier alpha value is -1.07. The number of aromatic nitrogens is 1. The highest BCUT2D eigenvalue weighted by Gasteiger charge is 2.24. The molecule has 0 aromatic carbocycles. The number of hydrogen-bond acceptors (Lipinski definition) is 5.